The third kappa shape index (κ3) is 4.04. The third-order valence-electron chi connectivity index (χ3n) is 6.78. The van der Waals surface area contributed by atoms with Gasteiger partial charge in [0.1, 0.15) is 11.3 Å². The second kappa shape index (κ2) is 9.40. The number of rotatable bonds is 8. The maximum atomic E-state index is 13.7. The number of methoxy groups -OCH3 is 1. The minimum Gasteiger partial charge on any atom is -0.496 e. The monoisotopic (exact) mass is 448 g/mol. The van der Waals surface area contributed by atoms with Gasteiger partial charge in [-0.15, -0.1) is 0 Å². The zero-order valence-electron chi connectivity index (χ0n) is 20.1. The summed E-state index contributed by atoms with van der Waals surface area (Å²) in [5.41, 5.74) is 3.55. The van der Waals surface area contributed by atoms with Crippen molar-refractivity contribution in [3.8, 4) is 5.75 Å². The molecule has 6 nitrogen and oxygen atoms in total. The molecule has 0 spiro atoms. The van der Waals surface area contributed by atoms with Gasteiger partial charge < -0.3 is 19.0 Å². The summed E-state index contributed by atoms with van der Waals surface area (Å²) >= 11 is 0. The number of fused-ring (bicyclic) bond motifs is 2. The molecule has 0 N–H and O–H groups in total. The molecular formula is C27H32N2O4. The average Bonchev–Trinajstić information content (AvgIpc) is 3.10. The maximum absolute atomic E-state index is 13.7. The Balaban J connectivity index is 1.86. The first-order chi connectivity index (χ1) is 15.9. The van der Waals surface area contributed by atoms with Crippen LogP contribution in [0.15, 0.2) is 45.6 Å². The minimum atomic E-state index is -0.539. The van der Waals surface area contributed by atoms with Crippen molar-refractivity contribution in [2.45, 2.75) is 40.2 Å². The molecule has 0 saturated heterocycles. The highest BCUT2D eigenvalue weighted by molar-refractivity contribution is 5.99. The van der Waals surface area contributed by atoms with Crippen molar-refractivity contribution in [3.63, 3.8) is 0 Å². The Morgan fingerprint density at radius 2 is 1.76 bits per heavy atom. The molecule has 0 saturated carbocycles. The molecule has 3 aromatic rings. The van der Waals surface area contributed by atoms with Gasteiger partial charge in [0.2, 0.25) is 5.76 Å². The van der Waals surface area contributed by atoms with Gasteiger partial charge in [-0.05, 0) is 69.2 Å². The number of hydrogen-bond acceptors (Lipinski definition) is 5. The van der Waals surface area contributed by atoms with Gasteiger partial charge >= 0.3 is 0 Å². The van der Waals surface area contributed by atoms with Crippen LogP contribution in [0.5, 0.6) is 5.75 Å². The molecule has 1 atom stereocenters. The van der Waals surface area contributed by atoms with Crippen LogP contribution in [0.25, 0.3) is 11.0 Å². The van der Waals surface area contributed by atoms with E-state index < -0.39 is 6.04 Å². The van der Waals surface area contributed by atoms with Crippen molar-refractivity contribution in [2.75, 3.05) is 33.3 Å². The lowest BCUT2D eigenvalue weighted by atomic mass is 9.96. The minimum absolute atomic E-state index is 0.148. The highest BCUT2D eigenvalue weighted by Gasteiger charge is 2.43. The van der Waals surface area contributed by atoms with Crippen LogP contribution in [0.2, 0.25) is 0 Å². The number of amides is 1. The molecule has 174 valence electrons. The SMILES string of the molecule is CCN(CC)CCCN1C(=O)c2oc3cc(C)c(C)cc3c(=O)c2C1c1ccccc1OC. The fourth-order valence-electron chi connectivity index (χ4n) is 4.73. The van der Waals surface area contributed by atoms with Crippen LogP contribution >= 0.6 is 0 Å². The average molecular weight is 449 g/mol. The summed E-state index contributed by atoms with van der Waals surface area (Å²) in [6, 6.07) is 10.8. The van der Waals surface area contributed by atoms with Gasteiger partial charge in [-0.2, -0.15) is 0 Å². The lowest BCUT2D eigenvalue weighted by molar-refractivity contribution is 0.0719. The molecular weight excluding hydrogens is 416 g/mol. The van der Waals surface area contributed by atoms with Crippen LogP contribution in [-0.4, -0.2) is 49.0 Å². The molecule has 1 unspecified atom stereocenters. The topological polar surface area (TPSA) is 63.0 Å². The Kier molecular flexibility index (Phi) is 6.56. The summed E-state index contributed by atoms with van der Waals surface area (Å²) in [7, 11) is 1.61. The maximum Gasteiger partial charge on any atom is 0.290 e. The number of ether oxygens (including phenoxy) is 1. The molecule has 1 aromatic heterocycles. The first-order valence-electron chi connectivity index (χ1n) is 11.6. The van der Waals surface area contributed by atoms with Crippen LogP contribution in [-0.2, 0) is 0 Å². The molecule has 1 aliphatic heterocycles. The highest BCUT2D eigenvalue weighted by Crippen LogP contribution is 2.41. The number of benzene rings is 2. The second-order valence-electron chi connectivity index (χ2n) is 8.63. The Hall–Kier alpha value is -3.12. The van der Waals surface area contributed by atoms with Crippen LogP contribution in [0.3, 0.4) is 0 Å². The number of carbonyl (C=O) groups excluding carboxylic acids is 1. The third-order valence-corrected chi connectivity index (χ3v) is 6.78. The van der Waals surface area contributed by atoms with Gasteiger partial charge in [-0.25, -0.2) is 0 Å². The Morgan fingerprint density at radius 3 is 2.45 bits per heavy atom. The molecule has 1 aliphatic rings. The van der Waals surface area contributed by atoms with E-state index in [1.807, 2.05) is 50.2 Å². The summed E-state index contributed by atoms with van der Waals surface area (Å²) in [4.78, 5) is 31.4. The fraction of sp³-hybridized carbons (Fsp3) is 0.407. The van der Waals surface area contributed by atoms with Gasteiger partial charge in [0, 0.05) is 12.1 Å². The van der Waals surface area contributed by atoms with Gasteiger partial charge in [-0.3, -0.25) is 9.59 Å². The van der Waals surface area contributed by atoms with Gasteiger partial charge in [0.05, 0.1) is 24.1 Å². The van der Waals surface area contributed by atoms with Crippen molar-refractivity contribution in [1.82, 2.24) is 9.80 Å². The van der Waals surface area contributed by atoms with Crippen LogP contribution < -0.4 is 10.2 Å². The molecule has 4 rings (SSSR count). The predicted molar refractivity (Wildman–Crippen MR) is 130 cm³/mol. The van der Waals surface area contributed by atoms with E-state index in [1.54, 1.807) is 12.0 Å². The van der Waals surface area contributed by atoms with Crippen molar-refractivity contribution < 1.29 is 13.9 Å². The van der Waals surface area contributed by atoms with Crippen LogP contribution in [0.4, 0.5) is 0 Å². The number of nitrogens with zero attached hydrogens (tertiary/aromatic N) is 2. The lowest BCUT2D eigenvalue weighted by Gasteiger charge is -2.27. The van der Waals surface area contributed by atoms with Crippen LogP contribution in [0, 0.1) is 13.8 Å². The smallest absolute Gasteiger partial charge is 0.290 e. The first-order valence-corrected chi connectivity index (χ1v) is 11.6. The van der Waals surface area contributed by atoms with E-state index in [9.17, 15) is 9.59 Å². The van der Waals surface area contributed by atoms with E-state index in [0.717, 1.165) is 42.7 Å². The predicted octanol–water partition coefficient (Wildman–Crippen LogP) is 4.70. The molecule has 0 fully saturated rings. The van der Waals surface area contributed by atoms with Crippen LogP contribution in [0.1, 0.15) is 59.1 Å². The largest absolute Gasteiger partial charge is 0.496 e. The van der Waals surface area contributed by atoms with E-state index in [1.165, 1.54) is 0 Å². The highest BCUT2D eigenvalue weighted by atomic mass is 16.5. The van der Waals surface area contributed by atoms with Gasteiger partial charge in [-0.1, -0.05) is 32.0 Å². The van der Waals surface area contributed by atoms with E-state index in [2.05, 4.69) is 18.7 Å². The molecule has 0 aliphatic carbocycles. The zero-order chi connectivity index (χ0) is 23.7. The van der Waals surface area contributed by atoms with Crippen molar-refractivity contribution >= 4 is 16.9 Å². The molecule has 0 radical (unpaired) electrons. The number of hydrogen-bond donors (Lipinski definition) is 0. The standard InChI is InChI=1S/C27H32N2O4/c1-6-28(7-2)13-10-14-29-24(19-11-8-9-12-21(19)32-5)23-25(30)20-15-17(3)18(4)16-22(20)33-26(23)27(29)31/h8-9,11-12,15-16,24H,6-7,10,13-14H2,1-5H3. The van der Waals surface area contributed by atoms with Gasteiger partial charge in [0.25, 0.3) is 5.91 Å². The summed E-state index contributed by atoms with van der Waals surface area (Å²) in [6.45, 7) is 11.6. The number of carbonyl (C=O) groups is 1. The van der Waals surface area contributed by atoms with Gasteiger partial charge in [0.15, 0.2) is 5.43 Å². The summed E-state index contributed by atoms with van der Waals surface area (Å²) in [5.74, 6) is 0.559. The van der Waals surface area contributed by atoms with E-state index in [0.29, 0.717) is 28.8 Å². The van der Waals surface area contributed by atoms with E-state index in [4.69, 9.17) is 9.15 Å². The normalized spacial score (nSPS) is 15.5. The zero-order valence-corrected chi connectivity index (χ0v) is 20.1. The fourth-order valence-corrected chi connectivity index (χ4v) is 4.73. The lowest BCUT2D eigenvalue weighted by Crippen LogP contribution is -2.33. The molecule has 2 heterocycles. The molecule has 6 heteroatoms. The molecule has 33 heavy (non-hydrogen) atoms. The second-order valence-corrected chi connectivity index (χ2v) is 8.63. The number of aryl methyl sites for hydroxylation is 2. The summed E-state index contributed by atoms with van der Waals surface area (Å²) < 4.78 is 11.7. The molecule has 0 bridgehead atoms. The summed E-state index contributed by atoms with van der Waals surface area (Å²) in [5, 5.41) is 0.509. The Bertz CT molecular complexity index is 1240. The molecule has 1 amide bonds. The Labute approximate surface area is 194 Å². The van der Waals surface area contributed by atoms with Crippen molar-refractivity contribution in [1.29, 1.82) is 0 Å². The first kappa shape index (κ1) is 23.1. The number of para-hydroxylation sites is 1. The molecule has 2 aromatic carbocycles. The van der Waals surface area contributed by atoms with Crippen molar-refractivity contribution in [3.05, 3.63) is 74.6 Å². The quantitative estimate of drug-likeness (QED) is 0.500. The summed E-state index contributed by atoms with van der Waals surface area (Å²) in [6.07, 6.45) is 0.805. The van der Waals surface area contributed by atoms with Crippen molar-refractivity contribution in [2.24, 2.45) is 0 Å². The van der Waals surface area contributed by atoms with E-state index in [-0.39, 0.29) is 17.1 Å². The van der Waals surface area contributed by atoms with E-state index >= 15 is 0 Å². The Morgan fingerprint density at radius 1 is 1.06 bits per heavy atom.